The van der Waals surface area contributed by atoms with E-state index in [2.05, 4.69) is 19.7 Å². The third-order valence-corrected chi connectivity index (χ3v) is 6.62. The highest BCUT2D eigenvalue weighted by atomic mass is 32.2. The summed E-state index contributed by atoms with van der Waals surface area (Å²) in [5, 5.41) is 10.4. The molecule has 1 atom stereocenters. The summed E-state index contributed by atoms with van der Waals surface area (Å²) in [5.74, 6) is 1.10. The van der Waals surface area contributed by atoms with E-state index in [1.165, 1.54) is 43.9 Å². The van der Waals surface area contributed by atoms with Crippen molar-refractivity contribution in [3.05, 3.63) is 41.3 Å². The molecule has 2 heterocycles. The van der Waals surface area contributed by atoms with Crippen molar-refractivity contribution < 1.29 is 4.79 Å². The Bertz CT molecular complexity index is 968. The number of H-pyrrole nitrogens is 1. The molecule has 0 bridgehead atoms. The highest BCUT2D eigenvalue weighted by Gasteiger charge is 2.27. The van der Waals surface area contributed by atoms with Crippen LogP contribution in [0.4, 0.5) is 0 Å². The molecule has 0 unspecified atom stereocenters. The number of ketones is 1. The quantitative estimate of drug-likeness (QED) is 0.484. The second kappa shape index (κ2) is 7.50. The lowest BCUT2D eigenvalue weighted by molar-refractivity contribution is 0.0995. The molecule has 5 nitrogen and oxygen atoms in total. The standard InChI is InChI=1S/C21H26N4OS/c1-13-19(17-11-7-8-12-18(17)22-13)20(26)14(2)27-21-24-23-15(3)25(21)16-9-5-4-6-10-16/h7-8,11-12,14,16,22H,4-6,9-10H2,1-3H3/t14-/m0/s1. The second-order valence-corrected chi connectivity index (χ2v) is 8.79. The van der Waals surface area contributed by atoms with Gasteiger partial charge in [0.05, 0.1) is 5.25 Å². The van der Waals surface area contributed by atoms with Crippen molar-refractivity contribution in [2.75, 3.05) is 0 Å². The molecule has 3 aromatic rings. The fourth-order valence-corrected chi connectivity index (χ4v) is 5.22. The SMILES string of the molecule is Cc1[nH]c2ccccc2c1C(=O)[C@H](C)Sc1nnc(C)n1C1CCCCC1. The van der Waals surface area contributed by atoms with Gasteiger partial charge < -0.3 is 9.55 Å². The Morgan fingerprint density at radius 1 is 1.19 bits per heavy atom. The van der Waals surface area contributed by atoms with Crippen LogP contribution in [0.2, 0.25) is 0 Å². The number of carbonyl (C=O) groups excluding carboxylic acids is 1. The van der Waals surface area contributed by atoms with Crippen LogP contribution < -0.4 is 0 Å². The molecule has 1 saturated carbocycles. The number of thioether (sulfide) groups is 1. The number of carbonyl (C=O) groups is 1. The molecule has 6 heteroatoms. The first-order chi connectivity index (χ1) is 13.1. The van der Waals surface area contributed by atoms with Crippen LogP contribution in [-0.4, -0.2) is 30.8 Å². The summed E-state index contributed by atoms with van der Waals surface area (Å²) in [6.07, 6.45) is 6.19. The molecular formula is C21H26N4OS. The van der Waals surface area contributed by atoms with Crippen molar-refractivity contribution in [3.63, 3.8) is 0 Å². The van der Waals surface area contributed by atoms with Gasteiger partial charge in [-0.25, -0.2) is 0 Å². The normalized spacial score (nSPS) is 16.7. The number of aromatic amines is 1. The Balaban J connectivity index is 1.60. The van der Waals surface area contributed by atoms with Gasteiger partial charge in [-0.15, -0.1) is 10.2 Å². The Labute approximate surface area is 163 Å². The fraction of sp³-hybridized carbons (Fsp3) is 0.476. The number of para-hydroxylation sites is 1. The van der Waals surface area contributed by atoms with Crippen LogP contribution in [0.3, 0.4) is 0 Å². The topological polar surface area (TPSA) is 63.6 Å². The zero-order valence-corrected chi connectivity index (χ0v) is 17.0. The van der Waals surface area contributed by atoms with Crippen molar-refractivity contribution in [3.8, 4) is 0 Å². The van der Waals surface area contributed by atoms with Crippen LogP contribution in [0.1, 0.15) is 66.9 Å². The summed E-state index contributed by atoms with van der Waals surface area (Å²) >= 11 is 1.53. The number of hydrogen-bond donors (Lipinski definition) is 1. The number of Topliss-reactive ketones (excluding diaryl/α,β-unsaturated/α-hetero) is 1. The van der Waals surface area contributed by atoms with E-state index in [4.69, 9.17) is 0 Å². The third kappa shape index (κ3) is 3.43. The summed E-state index contributed by atoms with van der Waals surface area (Å²) < 4.78 is 2.26. The molecule has 1 N–H and O–H groups in total. The molecule has 0 spiro atoms. The zero-order valence-electron chi connectivity index (χ0n) is 16.2. The van der Waals surface area contributed by atoms with Crippen LogP contribution in [-0.2, 0) is 0 Å². The van der Waals surface area contributed by atoms with E-state index in [0.717, 1.165) is 33.1 Å². The minimum Gasteiger partial charge on any atom is -0.358 e. The Morgan fingerprint density at radius 2 is 1.93 bits per heavy atom. The molecule has 1 aromatic carbocycles. The maximum absolute atomic E-state index is 13.2. The van der Waals surface area contributed by atoms with E-state index in [-0.39, 0.29) is 11.0 Å². The first-order valence-corrected chi connectivity index (χ1v) is 10.6. The highest BCUT2D eigenvalue weighted by Crippen LogP contribution is 2.35. The van der Waals surface area contributed by atoms with Crippen LogP contribution in [0.5, 0.6) is 0 Å². The smallest absolute Gasteiger partial charge is 0.192 e. The molecule has 1 aliphatic rings. The lowest BCUT2D eigenvalue weighted by Crippen LogP contribution is -2.18. The predicted octanol–water partition coefficient (Wildman–Crippen LogP) is 5.24. The highest BCUT2D eigenvalue weighted by molar-refractivity contribution is 8.00. The van der Waals surface area contributed by atoms with Gasteiger partial charge in [0.1, 0.15) is 5.82 Å². The summed E-state index contributed by atoms with van der Waals surface area (Å²) in [5.41, 5.74) is 2.74. The molecule has 2 aromatic heterocycles. The lowest BCUT2D eigenvalue weighted by atomic mass is 9.95. The Kier molecular flexibility index (Phi) is 5.08. The Morgan fingerprint density at radius 3 is 2.70 bits per heavy atom. The Hall–Kier alpha value is -2.08. The lowest BCUT2D eigenvalue weighted by Gasteiger charge is -2.25. The van der Waals surface area contributed by atoms with E-state index in [1.54, 1.807) is 0 Å². The summed E-state index contributed by atoms with van der Waals surface area (Å²) in [7, 11) is 0. The summed E-state index contributed by atoms with van der Waals surface area (Å²) in [6, 6.07) is 8.46. The third-order valence-electron chi connectivity index (χ3n) is 5.57. The van der Waals surface area contributed by atoms with Gasteiger partial charge in [-0.2, -0.15) is 0 Å². The molecular weight excluding hydrogens is 356 g/mol. The van der Waals surface area contributed by atoms with E-state index >= 15 is 0 Å². The first-order valence-electron chi connectivity index (χ1n) is 9.76. The van der Waals surface area contributed by atoms with Gasteiger partial charge in [-0.1, -0.05) is 49.2 Å². The second-order valence-electron chi connectivity index (χ2n) is 7.49. The van der Waals surface area contributed by atoms with Crippen molar-refractivity contribution in [1.29, 1.82) is 0 Å². The molecule has 1 fully saturated rings. The molecule has 4 rings (SSSR count). The van der Waals surface area contributed by atoms with Crippen molar-refractivity contribution in [2.24, 2.45) is 0 Å². The van der Waals surface area contributed by atoms with Gasteiger partial charge in [-0.3, -0.25) is 4.79 Å². The maximum Gasteiger partial charge on any atom is 0.192 e. The van der Waals surface area contributed by atoms with Gasteiger partial charge in [-0.05, 0) is 39.7 Å². The van der Waals surface area contributed by atoms with Gasteiger partial charge in [0.25, 0.3) is 0 Å². The number of nitrogens with zero attached hydrogens (tertiary/aromatic N) is 3. The summed E-state index contributed by atoms with van der Waals surface area (Å²) in [6.45, 7) is 5.96. The number of benzene rings is 1. The van der Waals surface area contributed by atoms with Crippen LogP contribution in [0, 0.1) is 13.8 Å². The van der Waals surface area contributed by atoms with Gasteiger partial charge in [0.2, 0.25) is 0 Å². The molecule has 0 aliphatic heterocycles. The van der Waals surface area contributed by atoms with Gasteiger partial charge in [0, 0.05) is 28.2 Å². The van der Waals surface area contributed by atoms with Gasteiger partial charge in [0.15, 0.2) is 10.9 Å². The molecule has 0 amide bonds. The zero-order chi connectivity index (χ0) is 19.0. The van der Waals surface area contributed by atoms with Crippen molar-refractivity contribution in [2.45, 2.75) is 69.3 Å². The van der Waals surface area contributed by atoms with Gasteiger partial charge >= 0.3 is 0 Å². The molecule has 1 aliphatic carbocycles. The molecule has 0 radical (unpaired) electrons. The number of nitrogens with one attached hydrogen (secondary N) is 1. The number of rotatable bonds is 5. The monoisotopic (exact) mass is 382 g/mol. The van der Waals surface area contributed by atoms with Crippen molar-refractivity contribution >= 4 is 28.4 Å². The number of aryl methyl sites for hydroxylation is 2. The maximum atomic E-state index is 13.2. The number of fused-ring (bicyclic) bond motifs is 1. The van der Waals surface area contributed by atoms with Crippen LogP contribution in [0.25, 0.3) is 10.9 Å². The van der Waals surface area contributed by atoms with E-state index in [1.807, 2.05) is 45.0 Å². The molecule has 0 saturated heterocycles. The van der Waals surface area contributed by atoms with Crippen LogP contribution >= 0.6 is 11.8 Å². The van der Waals surface area contributed by atoms with E-state index in [0.29, 0.717) is 6.04 Å². The first kappa shape index (κ1) is 18.3. The van der Waals surface area contributed by atoms with Crippen molar-refractivity contribution in [1.82, 2.24) is 19.7 Å². The largest absolute Gasteiger partial charge is 0.358 e. The van der Waals surface area contributed by atoms with E-state index in [9.17, 15) is 4.79 Å². The fourth-order valence-electron chi connectivity index (χ4n) is 4.20. The molecule has 142 valence electrons. The predicted molar refractivity (Wildman–Crippen MR) is 110 cm³/mol. The number of hydrogen-bond acceptors (Lipinski definition) is 4. The minimum atomic E-state index is -0.214. The number of aromatic nitrogens is 4. The average molecular weight is 383 g/mol. The van der Waals surface area contributed by atoms with E-state index < -0.39 is 0 Å². The average Bonchev–Trinajstić information content (AvgIpc) is 3.20. The minimum absolute atomic E-state index is 0.144. The van der Waals surface area contributed by atoms with Crippen LogP contribution in [0.15, 0.2) is 29.4 Å². The summed E-state index contributed by atoms with van der Waals surface area (Å²) in [4.78, 5) is 16.6. The molecule has 27 heavy (non-hydrogen) atoms.